The molecule has 114 valence electrons. The molecule has 20 heavy (non-hydrogen) atoms. The molecule has 3 nitrogen and oxygen atoms in total. The Balaban J connectivity index is 2.18. The molecule has 1 aromatic heterocycles. The van der Waals surface area contributed by atoms with Crippen molar-refractivity contribution in [2.24, 2.45) is 11.8 Å². The minimum Gasteiger partial charge on any atom is -0.314 e. The molecule has 0 amide bonds. The summed E-state index contributed by atoms with van der Waals surface area (Å²) in [6, 6.07) is 0.511. The number of aromatic nitrogens is 2. The van der Waals surface area contributed by atoms with Gasteiger partial charge in [0.1, 0.15) is 0 Å². The van der Waals surface area contributed by atoms with Crippen LogP contribution >= 0.6 is 11.6 Å². The Morgan fingerprint density at radius 3 is 2.55 bits per heavy atom. The van der Waals surface area contributed by atoms with E-state index in [0.717, 1.165) is 48.5 Å². The Morgan fingerprint density at radius 2 is 2.05 bits per heavy atom. The lowest BCUT2D eigenvalue weighted by Gasteiger charge is -2.25. The maximum absolute atomic E-state index is 6.54. The van der Waals surface area contributed by atoms with Gasteiger partial charge in [0.25, 0.3) is 0 Å². The molecule has 2 atom stereocenters. The van der Waals surface area contributed by atoms with Crippen molar-refractivity contribution in [2.75, 3.05) is 6.54 Å². The molecule has 1 N–H and O–H groups in total. The van der Waals surface area contributed by atoms with Crippen LogP contribution in [0.3, 0.4) is 0 Å². The molecule has 1 heterocycles. The van der Waals surface area contributed by atoms with Gasteiger partial charge in [-0.3, -0.25) is 4.68 Å². The van der Waals surface area contributed by atoms with Crippen LogP contribution in [0.2, 0.25) is 5.02 Å². The largest absolute Gasteiger partial charge is 0.314 e. The molecule has 4 heteroatoms. The molecular weight excluding hydrogens is 270 g/mol. The van der Waals surface area contributed by atoms with Gasteiger partial charge in [-0.25, -0.2) is 0 Å². The highest BCUT2D eigenvalue weighted by molar-refractivity contribution is 6.31. The molecule has 0 aromatic carbocycles. The van der Waals surface area contributed by atoms with E-state index in [1.807, 2.05) is 0 Å². The first-order valence-electron chi connectivity index (χ1n) is 8.09. The Kier molecular flexibility index (Phi) is 5.50. The maximum atomic E-state index is 6.54. The van der Waals surface area contributed by atoms with Crippen LogP contribution in [-0.2, 0) is 19.4 Å². The lowest BCUT2D eigenvalue weighted by molar-refractivity contribution is 0.338. The average Bonchev–Trinajstić information content (AvgIpc) is 3.24. The number of nitrogens with zero attached hydrogens (tertiary/aromatic N) is 2. The molecule has 0 saturated heterocycles. The first-order chi connectivity index (χ1) is 9.62. The summed E-state index contributed by atoms with van der Waals surface area (Å²) in [7, 11) is 0. The molecular formula is C16H28ClN3. The maximum Gasteiger partial charge on any atom is 0.0850 e. The van der Waals surface area contributed by atoms with E-state index in [4.69, 9.17) is 11.6 Å². The van der Waals surface area contributed by atoms with Crippen LogP contribution in [0, 0.1) is 11.8 Å². The van der Waals surface area contributed by atoms with E-state index < -0.39 is 0 Å². The summed E-state index contributed by atoms with van der Waals surface area (Å²) in [6.45, 7) is 10.7. The molecule has 1 aromatic rings. The Hall–Kier alpha value is -0.540. The molecule has 1 saturated carbocycles. The van der Waals surface area contributed by atoms with Crippen LogP contribution < -0.4 is 5.32 Å². The van der Waals surface area contributed by atoms with Crippen molar-refractivity contribution in [1.29, 1.82) is 0 Å². The van der Waals surface area contributed by atoms with Crippen molar-refractivity contribution in [1.82, 2.24) is 15.1 Å². The second-order valence-corrected chi connectivity index (χ2v) is 6.32. The topological polar surface area (TPSA) is 29.9 Å². The zero-order chi connectivity index (χ0) is 14.7. The molecule has 2 unspecified atom stereocenters. The van der Waals surface area contributed by atoms with Gasteiger partial charge in [0.2, 0.25) is 0 Å². The minimum absolute atomic E-state index is 0.511. The standard InChI is InChI=1S/C16H28ClN3/c1-5-13-16(17)15(20(7-3)19-13)10-14(18-6-2)11(4)12-8-9-12/h11-12,14,18H,5-10H2,1-4H3. The second-order valence-electron chi connectivity index (χ2n) is 5.94. The van der Waals surface area contributed by atoms with E-state index in [9.17, 15) is 0 Å². The van der Waals surface area contributed by atoms with Crippen LogP contribution in [0.4, 0.5) is 0 Å². The SMILES string of the molecule is CCNC(Cc1c(Cl)c(CC)nn1CC)C(C)C1CC1. The van der Waals surface area contributed by atoms with Gasteiger partial charge >= 0.3 is 0 Å². The summed E-state index contributed by atoms with van der Waals surface area (Å²) in [5.74, 6) is 1.62. The molecule has 0 aliphatic heterocycles. The van der Waals surface area contributed by atoms with E-state index in [-0.39, 0.29) is 0 Å². The highest BCUT2D eigenvalue weighted by atomic mass is 35.5. The third kappa shape index (κ3) is 3.37. The molecule has 0 bridgehead atoms. The van der Waals surface area contributed by atoms with E-state index in [1.165, 1.54) is 18.5 Å². The Morgan fingerprint density at radius 1 is 1.35 bits per heavy atom. The van der Waals surface area contributed by atoms with E-state index in [2.05, 4.69) is 42.8 Å². The van der Waals surface area contributed by atoms with Crippen LogP contribution in [0.1, 0.15) is 51.9 Å². The van der Waals surface area contributed by atoms with Gasteiger partial charge in [0, 0.05) is 19.0 Å². The van der Waals surface area contributed by atoms with E-state index in [1.54, 1.807) is 0 Å². The van der Waals surface area contributed by atoms with Gasteiger partial charge in [0.15, 0.2) is 0 Å². The van der Waals surface area contributed by atoms with Crippen LogP contribution in [-0.4, -0.2) is 22.4 Å². The number of hydrogen-bond acceptors (Lipinski definition) is 2. The van der Waals surface area contributed by atoms with Crippen molar-refractivity contribution < 1.29 is 0 Å². The van der Waals surface area contributed by atoms with Crippen LogP contribution in [0.25, 0.3) is 0 Å². The van der Waals surface area contributed by atoms with Gasteiger partial charge in [-0.2, -0.15) is 5.10 Å². The fourth-order valence-corrected chi connectivity index (χ4v) is 3.42. The Labute approximate surface area is 128 Å². The lowest BCUT2D eigenvalue weighted by atomic mass is 9.92. The average molecular weight is 298 g/mol. The number of rotatable bonds is 8. The molecule has 1 aliphatic carbocycles. The van der Waals surface area contributed by atoms with Gasteiger partial charge in [0.05, 0.1) is 16.4 Å². The summed E-state index contributed by atoms with van der Waals surface area (Å²) in [5, 5.41) is 9.18. The highest BCUT2D eigenvalue weighted by Crippen LogP contribution is 2.39. The summed E-state index contributed by atoms with van der Waals surface area (Å²) >= 11 is 6.54. The number of halogens is 1. The van der Waals surface area contributed by atoms with Crippen molar-refractivity contribution >= 4 is 11.6 Å². The lowest BCUT2D eigenvalue weighted by Crippen LogP contribution is -2.38. The first kappa shape index (κ1) is 15.8. The van der Waals surface area contributed by atoms with Crippen molar-refractivity contribution in [3.05, 3.63) is 16.4 Å². The number of likely N-dealkylation sites (N-methyl/N-ethyl adjacent to an activating group) is 1. The third-order valence-electron chi connectivity index (χ3n) is 4.57. The molecule has 1 fully saturated rings. The van der Waals surface area contributed by atoms with Crippen molar-refractivity contribution in [3.8, 4) is 0 Å². The molecule has 1 aliphatic rings. The fourth-order valence-electron chi connectivity index (χ4n) is 3.08. The van der Waals surface area contributed by atoms with Gasteiger partial charge in [-0.05, 0) is 44.6 Å². The van der Waals surface area contributed by atoms with Gasteiger partial charge in [-0.15, -0.1) is 0 Å². The fraction of sp³-hybridized carbons (Fsp3) is 0.812. The summed E-state index contributed by atoms with van der Waals surface area (Å²) in [6.07, 6.45) is 4.68. The van der Waals surface area contributed by atoms with Gasteiger partial charge in [-0.1, -0.05) is 32.4 Å². The zero-order valence-corrected chi connectivity index (χ0v) is 14.0. The first-order valence-corrected chi connectivity index (χ1v) is 8.47. The van der Waals surface area contributed by atoms with Crippen LogP contribution in [0.5, 0.6) is 0 Å². The molecule has 0 radical (unpaired) electrons. The predicted molar refractivity (Wildman–Crippen MR) is 85.3 cm³/mol. The van der Waals surface area contributed by atoms with Crippen molar-refractivity contribution in [2.45, 2.75) is 66.0 Å². The minimum atomic E-state index is 0.511. The second kappa shape index (κ2) is 6.95. The number of aryl methyl sites for hydroxylation is 2. The quantitative estimate of drug-likeness (QED) is 0.793. The molecule has 0 spiro atoms. The van der Waals surface area contributed by atoms with Gasteiger partial charge < -0.3 is 5.32 Å². The van der Waals surface area contributed by atoms with E-state index in [0.29, 0.717) is 6.04 Å². The number of nitrogens with one attached hydrogen (secondary N) is 1. The highest BCUT2D eigenvalue weighted by Gasteiger charge is 2.34. The van der Waals surface area contributed by atoms with Crippen LogP contribution in [0.15, 0.2) is 0 Å². The Bertz CT molecular complexity index is 437. The summed E-state index contributed by atoms with van der Waals surface area (Å²) < 4.78 is 2.09. The van der Waals surface area contributed by atoms with Crippen molar-refractivity contribution in [3.63, 3.8) is 0 Å². The number of hydrogen-bond donors (Lipinski definition) is 1. The third-order valence-corrected chi connectivity index (χ3v) is 5.01. The predicted octanol–water partition coefficient (Wildman–Crippen LogP) is 3.69. The monoisotopic (exact) mass is 297 g/mol. The summed E-state index contributed by atoms with van der Waals surface area (Å²) in [4.78, 5) is 0. The summed E-state index contributed by atoms with van der Waals surface area (Å²) in [5.41, 5.74) is 2.25. The molecule has 2 rings (SSSR count). The smallest absolute Gasteiger partial charge is 0.0850 e. The normalized spacial score (nSPS) is 18.2. The van der Waals surface area contributed by atoms with E-state index >= 15 is 0 Å². The zero-order valence-electron chi connectivity index (χ0n) is 13.2.